The first-order chi connectivity index (χ1) is 15.3. The number of ether oxygens (including phenoxy) is 2. The Labute approximate surface area is 188 Å². The molecule has 0 radical (unpaired) electrons. The van der Waals surface area contributed by atoms with Gasteiger partial charge in [0.1, 0.15) is 5.75 Å². The van der Waals surface area contributed by atoms with Crippen LogP contribution >= 0.6 is 0 Å². The van der Waals surface area contributed by atoms with Crippen LogP contribution in [0.3, 0.4) is 0 Å². The van der Waals surface area contributed by atoms with E-state index in [1.54, 1.807) is 49.6 Å². The molecule has 32 heavy (non-hydrogen) atoms. The number of sulfonamides is 1. The van der Waals surface area contributed by atoms with Gasteiger partial charge in [-0.3, -0.25) is 9.29 Å². The highest BCUT2D eigenvalue weighted by Crippen LogP contribution is 2.34. The normalized spacial score (nSPS) is 11.1. The number of methoxy groups -OCH3 is 2. The summed E-state index contributed by atoms with van der Waals surface area (Å²) in [6.07, 6.45) is 3.91. The number of pyridine rings is 1. The second kappa shape index (κ2) is 9.82. The molecule has 1 aromatic heterocycles. The first-order valence-corrected chi connectivity index (χ1v) is 11.5. The van der Waals surface area contributed by atoms with Gasteiger partial charge in [-0.2, -0.15) is 0 Å². The zero-order chi connectivity index (χ0) is 23.3. The van der Waals surface area contributed by atoms with Gasteiger partial charge in [0.25, 0.3) is 10.0 Å². The van der Waals surface area contributed by atoms with E-state index in [2.05, 4.69) is 4.98 Å². The van der Waals surface area contributed by atoms with Crippen LogP contribution in [-0.2, 0) is 27.7 Å². The van der Waals surface area contributed by atoms with Gasteiger partial charge >= 0.3 is 5.97 Å². The predicted molar refractivity (Wildman–Crippen MR) is 122 cm³/mol. The first kappa shape index (κ1) is 23.3. The predicted octanol–water partition coefficient (Wildman–Crippen LogP) is 4.14. The van der Waals surface area contributed by atoms with Crippen molar-refractivity contribution >= 4 is 21.7 Å². The van der Waals surface area contributed by atoms with E-state index < -0.39 is 16.0 Å². The van der Waals surface area contributed by atoms with Crippen molar-refractivity contribution in [2.45, 2.75) is 31.7 Å². The Balaban J connectivity index is 2.25. The standard InChI is InChI=1S/C24H26N2O5S/c1-5-18-13-17(2)23(22(14-18)24(27)31-4)26(16-19-7-6-12-25-15-19)32(28,29)21-10-8-20(30-3)9-11-21/h6-15H,5,16H2,1-4H3. The van der Waals surface area contributed by atoms with Crippen molar-refractivity contribution in [2.75, 3.05) is 18.5 Å². The largest absolute Gasteiger partial charge is 0.497 e. The maximum absolute atomic E-state index is 13.8. The molecule has 0 unspecified atom stereocenters. The highest BCUT2D eigenvalue weighted by molar-refractivity contribution is 7.92. The summed E-state index contributed by atoms with van der Waals surface area (Å²) < 4.78 is 39.0. The Morgan fingerprint density at radius 3 is 2.34 bits per heavy atom. The lowest BCUT2D eigenvalue weighted by molar-refractivity contribution is 0.0601. The van der Waals surface area contributed by atoms with Gasteiger partial charge < -0.3 is 9.47 Å². The monoisotopic (exact) mass is 454 g/mol. The maximum Gasteiger partial charge on any atom is 0.340 e. The number of nitrogens with zero attached hydrogens (tertiary/aromatic N) is 2. The number of aryl methyl sites for hydroxylation is 2. The molecule has 2 aromatic carbocycles. The Bertz CT molecular complexity index is 1190. The van der Waals surface area contributed by atoms with Crippen molar-refractivity contribution in [3.8, 4) is 5.75 Å². The molecule has 0 saturated heterocycles. The Morgan fingerprint density at radius 2 is 1.78 bits per heavy atom. The van der Waals surface area contributed by atoms with Gasteiger partial charge in [0.05, 0.1) is 36.9 Å². The van der Waals surface area contributed by atoms with Crippen LogP contribution in [0.15, 0.2) is 65.8 Å². The summed E-state index contributed by atoms with van der Waals surface area (Å²) in [7, 11) is -1.25. The molecule has 0 amide bonds. The topological polar surface area (TPSA) is 85.8 Å². The van der Waals surface area contributed by atoms with Crippen molar-refractivity contribution in [2.24, 2.45) is 0 Å². The summed E-state index contributed by atoms with van der Waals surface area (Å²) in [5.41, 5.74) is 2.74. The third kappa shape index (κ3) is 4.75. The molecule has 8 heteroatoms. The number of anilines is 1. The molecular formula is C24H26N2O5S. The molecule has 0 N–H and O–H groups in total. The molecule has 1 heterocycles. The summed E-state index contributed by atoms with van der Waals surface area (Å²) in [4.78, 5) is 16.9. The lowest BCUT2D eigenvalue weighted by Crippen LogP contribution is -2.33. The van der Waals surface area contributed by atoms with Crippen molar-refractivity contribution in [1.82, 2.24) is 4.98 Å². The van der Waals surface area contributed by atoms with Gasteiger partial charge in [-0.1, -0.05) is 19.1 Å². The molecule has 0 aliphatic carbocycles. The quantitative estimate of drug-likeness (QED) is 0.476. The van der Waals surface area contributed by atoms with Gasteiger partial charge in [-0.25, -0.2) is 13.2 Å². The fraction of sp³-hybridized carbons (Fsp3) is 0.250. The number of aromatic nitrogens is 1. The molecule has 0 atom stereocenters. The van der Waals surface area contributed by atoms with Gasteiger partial charge in [0.2, 0.25) is 0 Å². The zero-order valence-electron chi connectivity index (χ0n) is 18.5. The summed E-state index contributed by atoms with van der Waals surface area (Å²) in [5.74, 6) is -0.0546. The second-order valence-corrected chi connectivity index (χ2v) is 9.06. The van der Waals surface area contributed by atoms with Crippen LogP contribution in [0, 0.1) is 6.92 Å². The SMILES string of the molecule is CCc1cc(C)c(N(Cc2cccnc2)S(=O)(=O)c2ccc(OC)cc2)c(C(=O)OC)c1. The summed E-state index contributed by atoms with van der Waals surface area (Å²) in [6.45, 7) is 3.76. The molecule has 0 fully saturated rings. The minimum absolute atomic E-state index is 0.00148. The van der Waals surface area contributed by atoms with E-state index in [4.69, 9.17) is 9.47 Å². The van der Waals surface area contributed by atoms with E-state index in [1.165, 1.54) is 30.7 Å². The van der Waals surface area contributed by atoms with E-state index in [-0.39, 0.29) is 22.7 Å². The third-order valence-corrected chi connectivity index (χ3v) is 6.88. The Kier molecular flexibility index (Phi) is 7.15. The highest BCUT2D eigenvalue weighted by Gasteiger charge is 2.31. The summed E-state index contributed by atoms with van der Waals surface area (Å²) in [6, 6.07) is 13.2. The van der Waals surface area contributed by atoms with Crippen molar-refractivity contribution in [3.63, 3.8) is 0 Å². The third-order valence-electron chi connectivity index (χ3n) is 5.12. The molecule has 0 aliphatic rings. The lowest BCUT2D eigenvalue weighted by atomic mass is 10.0. The van der Waals surface area contributed by atoms with Crippen molar-refractivity contribution in [1.29, 1.82) is 0 Å². The van der Waals surface area contributed by atoms with Gasteiger partial charge in [0, 0.05) is 12.4 Å². The summed E-state index contributed by atoms with van der Waals surface area (Å²) in [5, 5.41) is 0. The van der Waals surface area contributed by atoms with E-state index in [9.17, 15) is 13.2 Å². The van der Waals surface area contributed by atoms with Crippen LogP contribution in [0.2, 0.25) is 0 Å². The van der Waals surface area contributed by atoms with E-state index in [0.717, 1.165) is 5.56 Å². The van der Waals surface area contributed by atoms with Crippen molar-refractivity contribution < 1.29 is 22.7 Å². The Morgan fingerprint density at radius 1 is 1.06 bits per heavy atom. The van der Waals surface area contributed by atoms with Gasteiger partial charge in [0.15, 0.2) is 0 Å². The number of benzene rings is 2. The average Bonchev–Trinajstić information content (AvgIpc) is 2.82. The number of hydrogen-bond donors (Lipinski definition) is 0. The number of carbonyl (C=O) groups is 1. The lowest BCUT2D eigenvalue weighted by Gasteiger charge is -2.28. The van der Waals surface area contributed by atoms with Crippen molar-refractivity contribution in [3.05, 3.63) is 83.2 Å². The fourth-order valence-corrected chi connectivity index (χ4v) is 5.01. The fourth-order valence-electron chi connectivity index (χ4n) is 3.47. The van der Waals surface area contributed by atoms with Gasteiger partial charge in [-0.15, -0.1) is 0 Å². The molecule has 0 spiro atoms. The first-order valence-electron chi connectivity index (χ1n) is 10.1. The number of hydrogen-bond acceptors (Lipinski definition) is 6. The number of esters is 1. The summed E-state index contributed by atoms with van der Waals surface area (Å²) >= 11 is 0. The maximum atomic E-state index is 13.8. The molecule has 3 aromatic rings. The average molecular weight is 455 g/mol. The van der Waals surface area contributed by atoms with Crippen LogP contribution in [-0.4, -0.2) is 33.6 Å². The van der Waals surface area contributed by atoms with Crippen LogP contribution in [0.1, 0.15) is 34.0 Å². The minimum Gasteiger partial charge on any atom is -0.497 e. The molecule has 168 valence electrons. The molecule has 7 nitrogen and oxygen atoms in total. The second-order valence-electron chi connectivity index (χ2n) is 7.20. The molecular weight excluding hydrogens is 428 g/mol. The van der Waals surface area contributed by atoms with Crippen LogP contribution in [0.4, 0.5) is 5.69 Å². The molecule has 3 rings (SSSR count). The smallest absolute Gasteiger partial charge is 0.340 e. The van der Waals surface area contributed by atoms with Crippen LogP contribution in [0.5, 0.6) is 5.75 Å². The van der Waals surface area contributed by atoms with E-state index >= 15 is 0 Å². The zero-order valence-corrected chi connectivity index (χ0v) is 19.3. The molecule has 0 aliphatic heterocycles. The Hall–Kier alpha value is -3.39. The van der Waals surface area contributed by atoms with Crippen LogP contribution < -0.4 is 9.04 Å². The number of rotatable bonds is 8. The van der Waals surface area contributed by atoms with Crippen LogP contribution in [0.25, 0.3) is 0 Å². The van der Waals surface area contributed by atoms with E-state index in [0.29, 0.717) is 23.3 Å². The number of carbonyl (C=O) groups excluding carboxylic acids is 1. The molecule has 0 bridgehead atoms. The van der Waals surface area contributed by atoms with E-state index in [1.807, 2.05) is 13.0 Å². The molecule has 0 saturated carbocycles. The minimum atomic E-state index is -4.04. The highest BCUT2D eigenvalue weighted by atomic mass is 32.2. The van der Waals surface area contributed by atoms with Gasteiger partial charge in [-0.05, 0) is 66.4 Å².